The van der Waals surface area contributed by atoms with E-state index in [0.717, 1.165) is 35.8 Å². The van der Waals surface area contributed by atoms with Gasteiger partial charge >= 0.3 is 0 Å². The van der Waals surface area contributed by atoms with Gasteiger partial charge in [0.15, 0.2) is 17.5 Å². The lowest BCUT2D eigenvalue weighted by Gasteiger charge is -2.42. The summed E-state index contributed by atoms with van der Waals surface area (Å²) < 4.78 is 19.7. The van der Waals surface area contributed by atoms with Crippen molar-refractivity contribution in [2.75, 3.05) is 34.5 Å². The van der Waals surface area contributed by atoms with E-state index in [1.54, 1.807) is 7.11 Å². The molecule has 2 aliphatic rings. The Morgan fingerprint density at radius 2 is 1.97 bits per heavy atom. The minimum absolute atomic E-state index is 0.112. The first-order valence-corrected chi connectivity index (χ1v) is 9.67. The Morgan fingerprint density at radius 1 is 1.17 bits per heavy atom. The van der Waals surface area contributed by atoms with Crippen LogP contribution in [-0.4, -0.2) is 59.2 Å². The first-order chi connectivity index (χ1) is 14.0. The molecule has 2 aliphatic heterocycles. The molecule has 0 saturated carbocycles. The summed E-state index contributed by atoms with van der Waals surface area (Å²) in [5.74, 6) is 2.89. The lowest BCUT2D eigenvalue weighted by atomic mass is 9.88. The first-order valence-electron chi connectivity index (χ1n) is 9.67. The second kappa shape index (κ2) is 6.45. The van der Waals surface area contributed by atoms with E-state index in [1.165, 1.54) is 11.1 Å². The zero-order chi connectivity index (χ0) is 20.2. The van der Waals surface area contributed by atoms with Crippen molar-refractivity contribution in [1.29, 1.82) is 0 Å². The summed E-state index contributed by atoms with van der Waals surface area (Å²) in [5.41, 5.74) is 4.38. The van der Waals surface area contributed by atoms with Gasteiger partial charge in [0.25, 0.3) is 0 Å². The van der Waals surface area contributed by atoms with Gasteiger partial charge in [0, 0.05) is 6.42 Å². The molecule has 29 heavy (non-hydrogen) atoms. The maximum absolute atomic E-state index is 5.85. The summed E-state index contributed by atoms with van der Waals surface area (Å²) in [6.07, 6.45) is 0.915. The van der Waals surface area contributed by atoms with E-state index in [0.29, 0.717) is 16.0 Å². The minimum atomic E-state index is -0.112. The third-order valence-corrected chi connectivity index (χ3v) is 5.89. The number of likely N-dealkylation sites (N-methyl/N-ethyl adjacent to an activating group) is 1. The fraction of sp³-hybridized carbons (Fsp3) is 0.381. The summed E-state index contributed by atoms with van der Waals surface area (Å²) in [7, 11) is 6.07. The van der Waals surface area contributed by atoms with Crippen LogP contribution in [0.4, 0.5) is 0 Å². The highest BCUT2D eigenvalue weighted by atomic mass is 16.7. The summed E-state index contributed by atoms with van der Waals surface area (Å²) >= 11 is 0. The predicted octanol–water partition coefficient (Wildman–Crippen LogP) is 2.43. The van der Waals surface area contributed by atoms with Gasteiger partial charge in [0.1, 0.15) is 0 Å². The zero-order valence-corrected chi connectivity index (χ0v) is 17.0. The molecule has 8 heteroatoms. The molecule has 1 atom stereocenters. The highest BCUT2D eigenvalue weighted by Crippen LogP contribution is 2.51. The Morgan fingerprint density at radius 3 is 2.72 bits per heavy atom. The summed E-state index contributed by atoms with van der Waals surface area (Å²) in [5, 5.41) is 12.8. The van der Waals surface area contributed by atoms with Gasteiger partial charge in [-0.05, 0) is 41.1 Å². The molecule has 0 bridgehead atoms. The molecule has 2 aromatic carbocycles. The van der Waals surface area contributed by atoms with Gasteiger partial charge in [-0.2, -0.15) is 4.68 Å². The lowest BCUT2D eigenvalue weighted by Crippen LogP contribution is -2.49. The van der Waals surface area contributed by atoms with Crippen LogP contribution >= 0.6 is 0 Å². The molecule has 0 fully saturated rings. The SMILES string of the molecule is COc1c2c(cc3c1[C@H](c1nnnn1-c1ccc(C)cc1)[N+](C)(C)CC3)OCO2. The van der Waals surface area contributed by atoms with Crippen molar-refractivity contribution in [3.05, 3.63) is 52.8 Å². The van der Waals surface area contributed by atoms with Crippen LogP contribution < -0.4 is 14.2 Å². The van der Waals surface area contributed by atoms with E-state index in [2.05, 4.69) is 54.7 Å². The van der Waals surface area contributed by atoms with Crippen LogP contribution in [0.5, 0.6) is 17.2 Å². The second-order valence-electron chi connectivity index (χ2n) is 8.16. The molecule has 5 rings (SSSR count). The summed E-state index contributed by atoms with van der Waals surface area (Å²) in [6, 6.07) is 10.2. The van der Waals surface area contributed by atoms with Crippen LogP contribution in [0.25, 0.3) is 5.69 Å². The van der Waals surface area contributed by atoms with Crippen molar-refractivity contribution in [3.8, 4) is 22.9 Å². The van der Waals surface area contributed by atoms with Gasteiger partial charge < -0.3 is 18.7 Å². The lowest BCUT2D eigenvalue weighted by molar-refractivity contribution is -0.917. The Bertz CT molecular complexity index is 1070. The maximum Gasteiger partial charge on any atom is 0.231 e. The standard InChI is InChI=1S/C21H24N5O3/c1-13-5-7-15(8-6-13)25-21(22-23-24-25)18-17-14(9-10-26(18,2)3)11-16-19(20(17)27-4)29-12-28-16/h5-8,11,18H,9-10,12H2,1-4H3/q+1/t18-/m1/s1. The number of fused-ring (bicyclic) bond motifs is 2. The molecule has 0 radical (unpaired) electrons. The number of hydrogen-bond acceptors (Lipinski definition) is 6. The van der Waals surface area contributed by atoms with Crippen LogP contribution in [0.3, 0.4) is 0 Å². The molecule has 0 spiro atoms. The fourth-order valence-electron chi connectivity index (χ4n) is 4.35. The number of hydrogen-bond donors (Lipinski definition) is 0. The Kier molecular flexibility index (Phi) is 3.99. The number of methoxy groups -OCH3 is 1. The predicted molar refractivity (Wildman–Crippen MR) is 106 cm³/mol. The number of tetrazole rings is 1. The Balaban J connectivity index is 1.73. The molecular formula is C21H24N5O3+. The van der Waals surface area contributed by atoms with Gasteiger partial charge in [-0.1, -0.05) is 17.7 Å². The van der Waals surface area contributed by atoms with Crippen LogP contribution in [-0.2, 0) is 6.42 Å². The highest BCUT2D eigenvalue weighted by Gasteiger charge is 2.45. The second-order valence-corrected chi connectivity index (χ2v) is 8.16. The van der Waals surface area contributed by atoms with E-state index in [4.69, 9.17) is 14.2 Å². The minimum Gasteiger partial charge on any atom is -0.492 e. The smallest absolute Gasteiger partial charge is 0.231 e. The maximum atomic E-state index is 5.85. The van der Waals surface area contributed by atoms with E-state index in [1.807, 2.05) is 16.8 Å². The zero-order valence-electron chi connectivity index (χ0n) is 17.0. The Labute approximate surface area is 169 Å². The monoisotopic (exact) mass is 394 g/mol. The first kappa shape index (κ1) is 17.9. The van der Waals surface area contributed by atoms with E-state index in [9.17, 15) is 0 Å². The quantitative estimate of drug-likeness (QED) is 0.636. The van der Waals surface area contributed by atoms with E-state index >= 15 is 0 Å². The van der Waals surface area contributed by atoms with Crippen molar-refractivity contribution in [2.45, 2.75) is 19.4 Å². The van der Waals surface area contributed by atoms with Crippen molar-refractivity contribution in [1.82, 2.24) is 20.2 Å². The average molecular weight is 394 g/mol. The highest BCUT2D eigenvalue weighted by molar-refractivity contribution is 5.62. The third kappa shape index (κ3) is 2.74. The molecule has 8 nitrogen and oxygen atoms in total. The normalized spacial score (nSPS) is 19.1. The fourth-order valence-corrected chi connectivity index (χ4v) is 4.35. The number of nitrogens with zero attached hydrogens (tertiary/aromatic N) is 5. The largest absolute Gasteiger partial charge is 0.492 e. The number of ether oxygens (including phenoxy) is 3. The molecule has 0 amide bonds. The van der Waals surface area contributed by atoms with Crippen LogP contribution in [0.1, 0.15) is 28.6 Å². The van der Waals surface area contributed by atoms with Crippen LogP contribution in [0, 0.1) is 6.92 Å². The Hall–Kier alpha value is -3.13. The van der Waals surface area contributed by atoms with Crippen molar-refractivity contribution >= 4 is 0 Å². The van der Waals surface area contributed by atoms with Crippen molar-refractivity contribution in [2.24, 2.45) is 0 Å². The van der Waals surface area contributed by atoms with E-state index < -0.39 is 0 Å². The van der Waals surface area contributed by atoms with E-state index in [-0.39, 0.29) is 12.8 Å². The third-order valence-electron chi connectivity index (χ3n) is 5.89. The van der Waals surface area contributed by atoms with Crippen molar-refractivity contribution < 1.29 is 18.7 Å². The number of aryl methyl sites for hydroxylation is 1. The van der Waals surface area contributed by atoms with Gasteiger partial charge in [0.2, 0.25) is 18.4 Å². The topological polar surface area (TPSA) is 71.3 Å². The average Bonchev–Trinajstić information content (AvgIpc) is 3.36. The molecule has 3 aromatic rings. The van der Waals surface area contributed by atoms with Crippen LogP contribution in [0.2, 0.25) is 0 Å². The molecule has 0 N–H and O–H groups in total. The van der Waals surface area contributed by atoms with Gasteiger partial charge in [0.05, 0.1) is 39.0 Å². The summed E-state index contributed by atoms with van der Waals surface area (Å²) in [6.45, 7) is 3.22. The summed E-state index contributed by atoms with van der Waals surface area (Å²) in [4.78, 5) is 0. The molecule has 3 heterocycles. The number of quaternary nitrogens is 1. The van der Waals surface area contributed by atoms with Gasteiger partial charge in [-0.15, -0.1) is 5.10 Å². The molecule has 0 saturated heterocycles. The van der Waals surface area contributed by atoms with Gasteiger partial charge in [-0.25, -0.2) is 0 Å². The van der Waals surface area contributed by atoms with Crippen LogP contribution in [0.15, 0.2) is 30.3 Å². The number of benzene rings is 2. The van der Waals surface area contributed by atoms with Gasteiger partial charge in [-0.3, -0.25) is 0 Å². The molecular weight excluding hydrogens is 370 g/mol. The molecule has 150 valence electrons. The number of aromatic nitrogens is 4. The molecule has 0 aliphatic carbocycles. The number of rotatable bonds is 3. The van der Waals surface area contributed by atoms with Crippen molar-refractivity contribution in [3.63, 3.8) is 0 Å². The molecule has 0 unspecified atom stereocenters. The molecule has 1 aromatic heterocycles.